The number of anilines is 1. The van der Waals surface area contributed by atoms with E-state index in [1.165, 1.54) is 0 Å². The van der Waals surface area contributed by atoms with Crippen molar-refractivity contribution in [2.45, 2.75) is 25.9 Å². The molecule has 1 aromatic heterocycles. The molecule has 0 bridgehead atoms. The third-order valence-corrected chi connectivity index (χ3v) is 3.76. The van der Waals surface area contributed by atoms with Crippen molar-refractivity contribution in [1.82, 2.24) is 9.78 Å². The van der Waals surface area contributed by atoms with Crippen molar-refractivity contribution in [3.63, 3.8) is 0 Å². The van der Waals surface area contributed by atoms with Crippen LogP contribution >= 0.6 is 23.2 Å². The highest BCUT2D eigenvalue weighted by Gasteiger charge is 2.32. The predicted molar refractivity (Wildman–Crippen MR) is 81.7 cm³/mol. The molecule has 4 nitrogen and oxygen atoms in total. The van der Waals surface area contributed by atoms with Gasteiger partial charge in [0.1, 0.15) is 17.6 Å². The first-order chi connectivity index (χ1) is 10.7. The number of nitrogens with zero attached hydrogens (tertiary/aromatic N) is 3. The molecule has 9 heteroatoms. The number of halogens is 5. The van der Waals surface area contributed by atoms with E-state index in [0.29, 0.717) is 12.0 Å². The third kappa shape index (κ3) is 3.23. The van der Waals surface area contributed by atoms with Gasteiger partial charge in [-0.05, 0) is 18.6 Å². The van der Waals surface area contributed by atoms with Gasteiger partial charge in [0, 0.05) is 5.56 Å². The topological polar surface area (TPSA) is 67.6 Å². The van der Waals surface area contributed by atoms with Crippen LogP contribution in [0.25, 0.3) is 5.69 Å². The zero-order valence-electron chi connectivity index (χ0n) is 11.9. The van der Waals surface area contributed by atoms with Crippen LogP contribution in [0.3, 0.4) is 0 Å². The van der Waals surface area contributed by atoms with Crippen molar-refractivity contribution < 1.29 is 13.2 Å². The highest BCUT2D eigenvalue weighted by Crippen LogP contribution is 2.38. The fourth-order valence-corrected chi connectivity index (χ4v) is 2.80. The van der Waals surface area contributed by atoms with Gasteiger partial charge < -0.3 is 5.73 Å². The standard InChI is InChI=1S/C14H11Cl2F3N4/c1-2-3-8-11(6-20)22-23(13(8)21)12-9(15)4-7(5-10(12)16)14(17,18)19/h4-5H,2-3,21H2,1H3. The van der Waals surface area contributed by atoms with Crippen LogP contribution in [0.15, 0.2) is 12.1 Å². The van der Waals surface area contributed by atoms with Crippen molar-refractivity contribution in [2.24, 2.45) is 0 Å². The summed E-state index contributed by atoms with van der Waals surface area (Å²) < 4.78 is 39.4. The number of hydrogen-bond donors (Lipinski definition) is 1. The Hall–Kier alpha value is -1.91. The molecule has 0 fully saturated rings. The molecule has 0 radical (unpaired) electrons. The summed E-state index contributed by atoms with van der Waals surface area (Å²) in [4.78, 5) is 0. The van der Waals surface area contributed by atoms with Gasteiger partial charge in [-0.25, -0.2) is 4.68 Å². The summed E-state index contributed by atoms with van der Waals surface area (Å²) in [5.41, 5.74) is 5.61. The Kier molecular flexibility index (Phi) is 4.78. The largest absolute Gasteiger partial charge is 0.416 e. The molecule has 0 amide bonds. The molecule has 0 unspecified atom stereocenters. The molecular formula is C14H11Cl2F3N4. The van der Waals surface area contributed by atoms with E-state index >= 15 is 0 Å². The van der Waals surface area contributed by atoms with Crippen LogP contribution in [0.1, 0.15) is 30.2 Å². The number of alkyl halides is 3. The molecule has 2 rings (SSSR count). The Bertz CT molecular complexity index is 768. The molecule has 2 N–H and O–H groups in total. The molecule has 122 valence electrons. The summed E-state index contributed by atoms with van der Waals surface area (Å²) in [5.74, 6) is 0.131. The lowest BCUT2D eigenvalue weighted by molar-refractivity contribution is -0.137. The lowest BCUT2D eigenvalue weighted by atomic mass is 10.1. The van der Waals surface area contributed by atoms with Gasteiger partial charge in [-0.3, -0.25) is 0 Å². The molecule has 0 saturated carbocycles. The van der Waals surface area contributed by atoms with Gasteiger partial charge >= 0.3 is 6.18 Å². The zero-order chi connectivity index (χ0) is 17.4. The maximum Gasteiger partial charge on any atom is 0.416 e. The first-order valence-electron chi connectivity index (χ1n) is 6.54. The van der Waals surface area contributed by atoms with Crippen LogP contribution in [-0.4, -0.2) is 9.78 Å². The Morgan fingerprint density at radius 2 is 1.87 bits per heavy atom. The molecule has 1 heterocycles. The van der Waals surface area contributed by atoms with Crippen molar-refractivity contribution in [3.05, 3.63) is 39.0 Å². The monoisotopic (exact) mass is 362 g/mol. The van der Waals surface area contributed by atoms with Crippen LogP contribution in [0.4, 0.5) is 19.0 Å². The quantitative estimate of drug-likeness (QED) is 0.866. The molecule has 0 aliphatic heterocycles. The fraction of sp³-hybridized carbons (Fsp3) is 0.286. The highest BCUT2D eigenvalue weighted by molar-refractivity contribution is 6.38. The maximum atomic E-state index is 12.8. The Morgan fingerprint density at radius 1 is 1.30 bits per heavy atom. The number of rotatable bonds is 3. The average Bonchev–Trinajstić information content (AvgIpc) is 2.75. The first-order valence-corrected chi connectivity index (χ1v) is 7.30. The van der Waals surface area contributed by atoms with Gasteiger partial charge in [-0.1, -0.05) is 36.5 Å². The van der Waals surface area contributed by atoms with Gasteiger partial charge in [-0.2, -0.15) is 23.5 Å². The molecule has 1 aromatic carbocycles. The van der Waals surface area contributed by atoms with Gasteiger partial charge in [0.05, 0.1) is 15.6 Å². The Balaban J connectivity index is 2.67. The van der Waals surface area contributed by atoms with Crippen LogP contribution in [-0.2, 0) is 12.6 Å². The molecule has 0 spiro atoms. The van der Waals surface area contributed by atoms with Gasteiger partial charge in [-0.15, -0.1) is 0 Å². The minimum absolute atomic E-state index is 0.0117. The number of hydrogen-bond acceptors (Lipinski definition) is 3. The Labute approximate surface area is 140 Å². The number of benzene rings is 1. The van der Waals surface area contributed by atoms with E-state index in [0.717, 1.165) is 23.2 Å². The van der Waals surface area contributed by atoms with Crippen molar-refractivity contribution >= 4 is 29.0 Å². The van der Waals surface area contributed by atoms with Crippen LogP contribution < -0.4 is 5.73 Å². The summed E-state index contributed by atoms with van der Waals surface area (Å²) in [6.07, 6.45) is -3.35. The summed E-state index contributed by atoms with van der Waals surface area (Å²) >= 11 is 11.9. The van der Waals surface area contributed by atoms with Gasteiger partial charge in [0.25, 0.3) is 0 Å². The maximum absolute atomic E-state index is 12.8. The van der Waals surface area contributed by atoms with Crippen LogP contribution in [0, 0.1) is 11.3 Å². The number of nitriles is 1. The van der Waals surface area contributed by atoms with Crippen molar-refractivity contribution in [1.29, 1.82) is 5.26 Å². The van der Waals surface area contributed by atoms with E-state index in [9.17, 15) is 13.2 Å². The van der Waals surface area contributed by atoms with Crippen molar-refractivity contribution in [2.75, 3.05) is 5.73 Å². The minimum atomic E-state index is -4.58. The number of aromatic nitrogens is 2. The van der Waals surface area contributed by atoms with E-state index in [1.54, 1.807) is 0 Å². The average molecular weight is 363 g/mol. The number of nitrogen functional groups attached to an aromatic ring is 1. The van der Waals surface area contributed by atoms with Crippen LogP contribution in [0.2, 0.25) is 10.0 Å². The molecule has 0 aliphatic carbocycles. The summed E-state index contributed by atoms with van der Waals surface area (Å²) in [6, 6.07) is 3.40. The molecular weight excluding hydrogens is 352 g/mol. The van der Waals surface area contributed by atoms with Crippen molar-refractivity contribution in [3.8, 4) is 11.8 Å². The van der Waals surface area contributed by atoms with Gasteiger partial charge in [0.2, 0.25) is 0 Å². The molecule has 0 aliphatic rings. The normalized spacial score (nSPS) is 11.5. The smallest absolute Gasteiger partial charge is 0.383 e. The second-order valence-electron chi connectivity index (χ2n) is 4.77. The minimum Gasteiger partial charge on any atom is -0.383 e. The summed E-state index contributed by atoms with van der Waals surface area (Å²) in [7, 11) is 0. The fourth-order valence-electron chi connectivity index (χ4n) is 2.15. The second kappa shape index (κ2) is 6.30. The molecule has 0 atom stereocenters. The Morgan fingerprint density at radius 3 is 2.30 bits per heavy atom. The van der Waals surface area contributed by atoms with E-state index in [2.05, 4.69) is 5.10 Å². The van der Waals surface area contributed by atoms with E-state index in [-0.39, 0.29) is 27.2 Å². The second-order valence-corrected chi connectivity index (χ2v) is 5.59. The van der Waals surface area contributed by atoms with Crippen LogP contribution in [0.5, 0.6) is 0 Å². The molecule has 2 aromatic rings. The van der Waals surface area contributed by atoms with E-state index < -0.39 is 11.7 Å². The molecule has 0 saturated heterocycles. The van der Waals surface area contributed by atoms with Gasteiger partial charge in [0.15, 0.2) is 5.69 Å². The zero-order valence-corrected chi connectivity index (χ0v) is 13.4. The third-order valence-electron chi connectivity index (χ3n) is 3.19. The first kappa shape index (κ1) is 17.4. The lowest BCUT2D eigenvalue weighted by Gasteiger charge is -2.13. The van der Waals surface area contributed by atoms with E-state index in [1.807, 2.05) is 13.0 Å². The highest BCUT2D eigenvalue weighted by atomic mass is 35.5. The SMILES string of the molecule is CCCc1c(C#N)nn(-c2c(Cl)cc(C(F)(F)F)cc2Cl)c1N. The van der Waals surface area contributed by atoms with E-state index in [4.69, 9.17) is 34.2 Å². The predicted octanol–water partition coefficient (Wildman–Crippen LogP) is 4.60. The number of nitrogens with two attached hydrogens (primary N) is 1. The summed E-state index contributed by atoms with van der Waals surface area (Å²) in [5, 5.41) is 12.6. The lowest BCUT2D eigenvalue weighted by Crippen LogP contribution is -2.08. The molecule has 23 heavy (non-hydrogen) atoms. The summed E-state index contributed by atoms with van der Waals surface area (Å²) in [6.45, 7) is 1.90.